The summed E-state index contributed by atoms with van der Waals surface area (Å²) in [6.45, 7) is 4.03. The fraction of sp³-hybridized carbons (Fsp3) is 0.115. The fourth-order valence-electron chi connectivity index (χ4n) is 3.09. The summed E-state index contributed by atoms with van der Waals surface area (Å²) in [6, 6.07) is 23.9. The standard InChI is InChI=1S/C26H25N3O2S/c1-27-18-25(21-9-13-24(31)14-10-21)29-22(15-19-5-3-2-4-6-19)17-28-26(32)16-20-7-11-23(30)12-8-20/h2-14,18,30-31H,1,15-17H2,(H,28,32)/b25-18-,29-22?. The lowest BCUT2D eigenvalue weighted by Gasteiger charge is -2.13. The smallest absolute Gasteiger partial charge is 0.115 e. The van der Waals surface area contributed by atoms with Crippen molar-refractivity contribution in [3.63, 3.8) is 0 Å². The van der Waals surface area contributed by atoms with Gasteiger partial charge in [0.15, 0.2) is 0 Å². The first-order valence-electron chi connectivity index (χ1n) is 10.1. The first-order valence-corrected chi connectivity index (χ1v) is 10.5. The summed E-state index contributed by atoms with van der Waals surface area (Å²) >= 11 is 5.52. The third-order valence-corrected chi connectivity index (χ3v) is 4.99. The number of thiocarbonyl (C=S) groups is 1. The van der Waals surface area contributed by atoms with Gasteiger partial charge in [0.05, 0.1) is 23.4 Å². The Bertz CT molecular complexity index is 1110. The number of aromatic hydroxyl groups is 2. The molecule has 0 atom stereocenters. The first kappa shape index (κ1) is 22.9. The lowest BCUT2D eigenvalue weighted by molar-refractivity contribution is 0.474. The highest BCUT2D eigenvalue weighted by Crippen LogP contribution is 2.20. The van der Waals surface area contributed by atoms with E-state index in [4.69, 9.17) is 17.2 Å². The molecule has 0 saturated heterocycles. The van der Waals surface area contributed by atoms with E-state index in [2.05, 4.69) is 29.2 Å². The zero-order chi connectivity index (χ0) is 22.8. The Balaban J connectivity index is 1.79. The van der Waals surface area contributed by atoms with Crippen molar-refractivity contribution < 1.29 is 10.2 Å². The molecule has 0 aromatic heterocycles. The fourth-order valence-corrected chi connectivity index (χ4v) is 3.33. The minimum absolute atomic E-state index is 0.189. The third kappa shape index (κ3) is 7.18. The predicted octanol–water partition coefficient (Wildman–Crippen LogP) is 4.94. The van der Waals surface area contributed by atoms with E-state index in [9.17, 15) is 10.2 Å². The molecule has 162 valence electrons. The summed E-state index contributed by atoms with van der Waals surface area (Å²) in [7, 11) is 0. The molecule has 3 rings (SSSR count). The van der Waals surface area contributed by atoms with Gasteiger partial charge in [-0.15, -0.1) is 0 Å². The molecule has 0 saturated carbocycles. The number of nitrogens with one attached hydrogen (secondary N) is 1. The van der Waals surface area contributed by atoms with Gasteiger partial charge in [-0.2, -0.15) is 0 Å². The van der Waals surface area contributed by atoms with Crippen LogP contribution in [0.3, 0.4) is 0 Å². The summed E-state index contributed by atoms with van der Waals surface area (Å²) in [4.78, 5) is 9.45. The zero-order valence-corrected chi connectivity index (χ0v) is 18.4. The second-order valence-electron chi connectivity index (χ2n) is 7.20. The molecule has 0 unspecified atom stereocenters. The van der Waals surface area contributed by atoms with E-state index >= 15 is 0 Å². The molecular weight excluding hydrogens is 418 g/mol. The summed E-state index contributed by atoms with van der Waals surface area (Å²) < 4.78 is 0. The van der Waals surface area contributed by atoms with Crippen molar-refractivity contribution in [2.75, 3.05) is 6.54 Å². The summed E-state index contributed by atoms with van der Waals surface area (Å²) in [6.07, 6.45) is 2.82. The molecular formula is C26H25N3O2S. The second-order valence-corrected chi connectivity index (χ2v) is 7.70. The van der Waals surface area contributed by atoms with Gasteiger partial charge in [0.2, 0.25) is 0 Å². The van der Waals surface area contributed by atoms with Gasteiger partial charge < -0.3 is 15.5 Å². The minimum Gasteiger partial charge on any atom is -0.508 e. The number of rotatable bonds is 9. The molecule has 3 aromatic carbocycles. The van der Waals surface area contributed by atoms with Crippen LogP contribution < -0.4 is 5.32 Å². The van der Waals surface area contributed by atoms with Gasteiger partial charge in [0, 0.05) is 24.1 Å². The Hall–Kier alpha value is -3.77. The molecule has 0 spiro atoms. The van der Waals surface area contributed by atoms with E-state index in [1.807, 2.05) is 30.3 Å². The van der Waals surface area contributed by atoms with Crippen molar-refractivity contribution >= 4 is 35.3 Å². The predicted molar refractivity (Wildman–Crippen MR) is 136 cm³/mol. The normalized spacial score (nSPS) is 11.8. The zero-order valence-electron chi connectivity index (χ0n) is 17.6. The SMILES string of the molecule is C=N/C=C(\N=C(CNC(=S)Cc1ccc(O)cc1)Cc1ccccc1)c1ccc(O)cc1. The first-order chi connectivity index (χ1) is 15.5. The average Bonchev–Trinajstić information content (AvgIpc) is 2.80. The maximum atomic E-state index is 9.60. The Kier molecular flexibility index (Phi) is 8.29. The van der Waals surface area contributed by atoms with Crippen LogP contribution >= 0.6 is 12.2 Å². The van der Waals surface area contributed by atoms with E-state index in [0.29, 0.717) is 30.1 Å². The topological polar surface area (TPSA) is 77.2 Å². The molecule has 5 nitrogen and oxygen atoms in total. The highest BCUT2D eigenvalue weighted by molar-refractivity contribution is 7.80. The van der Waals surface area contributed by atoms with E-state index in [1.54, 1.807) is 42.6 Å². The maximum Gasteiger partial charge on any atom is 0.115 e. The molecule has 0 fully saturated rings. The monoisotopic (exact) mass is 443 g/mol. The summed E-state index contributed by atoms with van der Waals surface area (Å²) in [5, 5.41) is 22.3. The maximum absolute atomic E-state index is 9.60. The number of benzene rings is 3. The number of phenols is 2. The van der Waals surface area contributed by atoms with Crippen LogP contribution in [0.15, 0.2) is 95.0 Å². The largest absolute Gasteiger partial charge is 0.508 e. The van der Waals surface area contributed by atoms with Crippen LogP contribution in [-0.2, 0) is 12.8 Å². The molecule has 0 aliphatic heterocycles. The van der Waals surface area contributed by atoms with Gasteiger partial charge in [0.25, 0.3) is 0 Å². The van der Waals surface area contributed by atoms with E-state index < -0.39 is 0 Å². The summed E-state index contributed by atoms with van der Waals surface area (Å²) in [5.41, 5.74) is 4.51. The highest BCUT2D eigenvalue weighted by Gasteiger charge is 2.08. The number of phenolic OH excluding ortho intramolecular Hbond substituents is 2. The van der Waals surface area contributed by atoms with Crippen molar-refractivity contribution in [3.05, 3.63) is 102 Å². The number of aliphatic imine (C=N–C) groups is 2. The Morgan fingerprint density at radius 1 is 0.844 bits per heavy atom. The van der Waals surface area contributed by atoms with Crippen LogP contribution in [0.1, 0.15) is 16.7 Å². The molecule has 6 heteroatoms. The number of hydrogen-bond acceptors (Lipinski definition) is 5. The van der Waals surface area contributed by atoms with Crippen LogP contribution in [0.2, 0.25) is 0 Å². The van der Waals surface area contributed by atoms with Crippen molar-refractivity contribution in [2.45, 2.75) is 12.8 Å². The van der Waals surface area contributed by atoms with E-state index in [-0.39, 0.29) is 11.5 Å². The molecule has 0 bridgehead atoms. The van der Waals surface area contributed by atoms with Gasteiger partial charge in [0.1, 0.15) is 11.5 Å². The van der Waals surface area contributed by atoms with E-state index in [1.165, 1.54) is 0 Å². The van der Waals surface area contributed by atoms with Crippen molar-refractivity contribution in [1.29, 1.82) is 0 Å². The van der Waals surface area contributed by atoms with Crippen molar-refractivity contribution in [1.82, 2.24) is 5.32 Å². The van der Waals surface area contributed by atoms with Crippen LogP contribution in [0.25, 0.3) is 5.70 Å². The molecule has 0 heterocycles. The van der Waals surface area contributed by atoms with Crippen molar-refractivity contribution in [3.8, 4) is 11.5 Å². The Labute approximate surface area is 193 Å². The molecule has 3 N–H and O–H groups in total. The minimum atomic E-state index is 0.189. The number of hydrogen-bond donors (Lipinski definition) is 3. The average molecular weight is 444 g/mol. The molecule has 0 aliphatic rings. The van der Waals surface area contributed by atoms with Gasteiger partial charge in [-0.25, -0.2) is 0 Å². The van der Waals surface area contributed by atoms with Crippen LogP contribution in [0, 0.1) is 0 Å². The highest BCUT2D eigenvalue weighted by atomic mass is 32.1. The van der Waals surface area contributed by atoms with Gasteiger partial charge in [-0.1, -0.05) is 54.7 Å². The second kappa shape index (κ2) is 11.6. The summed E-state index contributed by atoms with van der Waals surface area (Å²) in [5.74, 6) is 0.420. The van der Waals surface area contributed by atoms with Gasteiger partial charge >= 0.3 is 0 Å². The van der Waals surface area contributed by atoms with E-state index in [0.717, 1.165) is 22.4 Å². The molecule has 3 aromatic rings. The van der Waals surface area contributed by atoms with Crippen LogP contribution in [0.4, 0.5) is 0 Å². The molecule has 32 heavy (non-hydrogen) atoms. The third-order valence-electron chi connectivity index (χ3n) is 4.70. The Morgan fingerprint density at radius 2 is 1.44 bits per heavy atom. The van der Waals surface area contributed by atoms with Gasteiger partial charge in [-0.3, -0.25) is 9.98 Å². The van der Waals surface area contributed by atoms with Gasteiger partial charge in [-0.05, 0) is 54.2 Å². The lowest BCUT2D eigenvalue weighted by Crippen LogP contribution is -2.30. The quantitative estimate of drug-likeness (QED) is 0.323. The van der Waals surface area contributed by atoms with Crippen molar-refractivity contribution in [2.24, 2.45) is 9.98 Å². The Morgan fingerprint density at radius 3 is 2.06 bits per heavy atom. The molecule has 0 aliphatic carbocycles. The van der Waals surface area contributed by atoms with Crippen LogP contribution in [0.5, 0.6) is 11.5 Å². The lowest BCUT2D eigenvalue weighted by atomic mass is 10.1. The molecule has 0 amide bonds. The molecule has 0 radical (unpaired) electrons. The van der Waals surface area contributed by atoms with Crippen LogP contribution in [-0.4, -0.2) is 34.2 Å². The number of nitrogens with zero attached hydrogens (tertiary/aromatic N) is 2.